The Labute approximate surface area is 116 Å². The maximum absolute atomic E-state index is 4.44. The van der Waals surface area contributed by atoms with E-state index >= 15 is 0 Å². The average Bonchev–Trinajstić information content (AvgIpc) is 2.71. The number of hydrogen-bond acceptors (Lipinski definition) is 2. The summed E-state index contributed by atoms with van der Waals surface area (Å²) in [5.41, 5.74) is 4.65. The molecular formula is C14H18BrN3. The largest absolute Gasteiger partial charge is 0.379 e. The predicted molar refractivity (Wildman–Crippen MR) is 78.8 cm³/mol. The molecule has 3 nitrogen and oxygen atoms in total. The van der Waals surface area contributed by atoms with Crippen LogP contribution in [0.4, 0.5) is 5.69 Å². The molecule has 1 heterocycles. The van der Waals surface area contributed by atoms with E-state index in [9.17, 15) is 0 Å². The first-order valence-corrected chi connectivity index (χ1v) is 6.93. The number of aryl methyl sites for hydroxylation is 3. The molecule has 0 spiro atoms. The summed E-state index contributed by atoms with van der Waals surface area (Å²) in [6.07, 6.45) is 0. The molecule has 0 aliphatic carbocycles. The third-order valence-electron chi connectivity index (χ3n) is 2.93. The van der Waals surface area contributed by atoms with Gasteiger partial charge in [0.1, 0.15) is 0 Å². The number of anilines is 1. The zero-order valence-corrected chi connectivity index (χ0v) is 12.6. The van der Waals surface area contributed by atoms with Gasteiger partial charge in [-0.2, -0.15) is 5.10 Å². The number of rotatable bonds is 4. The molecule has 96 valence electrons. The minimum atomic E-state index is 0.796. The first kappa shape index (κ1) is 13.1. The van der Waals surface area contributed by atoms with Crippen LogP contribution in [0.15, 0.2) is 28.7 Å². The Balaban J connectivity index is 2.08. The number of hydrogen-bond donors (Lipinski definition) is 1. The van der Waals surface area contributed by atoms with Gasteiger partial charge in [-0.1, -0.05) is 22.0 Å². The molecule has 2 rings (SSSR count). The Kier molecular flexibility index (Phi) is 4.07. The van der Waals surface area contributed by atoms with E-state index in [0.29, 0.717) is 0 Å². The van der Waals surface area contributed by atoms with Crippen molar-refractivity contribution in [2.75, 3.05) is 5.32 Å². The summed E-state index contributed by atoms with van der Waals surface area (Å²) < 4.78 is 3.17. The van der Waals surface area contributed by atoms with Crippen LogP contribution < -0.4 is 5.32 Å². The van der Waals surface area contributed by atoms with Gasteiger partial charge in [-0.15, -0.1) is 0 Å². The molecule has 0 aliphatic rings. The third-order valence-corrected chi connectivity index (χ3v) is 3.78. The lowest BCUT2D eigenvalue weighted by Gasteiger charge is -2.09. The van der Waals surface area contributed by atoms with Crippen molar-refractivity contribution in [2.24, 2.45) is 0 Å². The third kappa shape index (κ3) is 2.93. The van der Waals surface area contributed by atoms with Gasteiger partial charge in [0.05, 0.1) is 17.9 Å². The van der Waals surface area contributed by atoms with E-state index in [1.54, 1.807) is 0 Å². The molecule has 0 saturated carbocycles. The van der Waals surface area contributed by atoms with E-state index in [4.69, 9.17) is 0 Å². The molecule has 1 aromatic carbocycles. The molecular weight excluding hydrogens is 290 g/mol. The smallest absolute Gasteiger partial charge is 0.0597 e. The van der Waals surface area contributed by atoms with Gasteiger partial charge in [0.2, 0.25) is 0 Å². The monoisotopic (exact) mass is 307 g/mol. The van der Waals surface area contributed by atoms with Gasteiger partial charge in [-0.3, -0.25) is 4.68 Å². The number of nitrogens with zero attached hydrogens (tertiary/aromatic N) is 2. The van der Waals surface area contributed by atoms with E-state index in [-0.39, 0.29) is 0 Å². The molecule has 0 aliphatic heterocycles. The highest BCUT2D eigenvalue weighted by molar-refractivity contribution is 9.10. The Bertz CT molecular complexity index is 546. The highest BCUT2D eigenvalue weighted by Gasteiger charge is 2.04. The van der Waals surface area contributed by atoms with Crippen molar-refractivity contribution in [3.63, 3.8) is 0 Å². The maximum atomic E-state index is 4.44. The van der Waals surface area contributed by atoms with Crippen molar-refractivity contribution in [1.82, 2.24) is 9.78 Å². The Morgan fingerprint density at radius 2 is 2.06 bits per heavy atom. The fraction of sp³-hybridized carbons (Fsp3) is 0.357. The van der Waals surface area contributed by atoms with Crippen LogP contribution in [-0.2, 0) is 13.1 Å². The lowest BCUT2D eigenvalue weighted by molar-refractivity contribution is 0.623. The standard InChI is InChI=1S/C14H18BrN3/c1-4-18-13(7-11(3)17-18)9-16-12-6-5-10(2)14(15)8-12/h5-8,16H,4,9H2,1-3H3. The molecule has 0 bridgehead atoms. The minimum absolute atomic E-state index is 0.796. The summed E-state index contributed by atoms with van der Waals surface area (Å²) in [6.45, 7) is 7.92. The molecule has 0 unspecified atom stereocenters. The molecule has 0 atom stereocenters. The minimum Gasteiger partial charge on any atom is -0.379 e. The van der Waals surface area contributed by atoms with E-state index in [0.717, 1.165) is 28.9 Å². The SMILES string of the molecule is CCn1nc(C)cc1CNc1ccc(C)c(Br)c1. The number of aromatic nitrogens is 2. The summed E-state index contributed by atoms with van der Waals surface area (Å²) in [5.74, 6) is 0. The van der Waals surface area contributed by atoms with Crippen molar-refractivity contribution in [2.45, 2.75) is 33.9 Å². The molecule has 2 aromatic rings. The van der Waals surface area contributed by atoms with Crippen molar-refractivity contribution in [1.29, 1.82) is 0 Å². The van der Waals surface area contributed by atoms with Crippen molar-refractivity contribution >= 4 is 21.6 Å². The molecule has 0 saturated heterocycles. The van der Waals surface area contributed by atoms with Gasteiger partial charge in [0, 0.05) is 16.7 Å². The molecule has 1 N–H and O–H groups in total. The second-order valence-corrected chi connectivity index (χ2v) is 5.26. The van der Waals surface area contributed by atoms with E-state index in [2.05, 4.69) is 64.5 Å². The van der Waals surface area contributed by atoms with Gasteiger partial charge in [-0.25, -0.2) is 0 Å². The fourth-order valence-electron chi connectivity index (χ4n) is 1.91. The zero-order chi connectivity index (χ0) is 13.1. The first-order valence-electron chi connectivity index (χ1n) is 6.13. The van der Waals surface area contributed by atoms with Crippen molar-refractivity contribution < 1.29 is 0 Å². The van der Waals surface area contributed by atoms with Crippen molar-refractivity contribution in [3.05, 3.63) is 45.7 Å². The summed E-state index contributed by atoms with van der Waals surface area (Å²) in [7, 11) is 0. The molecule has 18 heavy (non-hydrogen) atoms. The van der Waals surface area contributed by atoms with E-state index in [1.165, 1.54) is 11.3 Å². The highest BCUT2D eigenvalue weighted by Crippen LogP contribution is 2.21. The Hall–Kier alpha value is -1.29. The predicted octanol–water partition coefficient (Wildman–Crippen LogP) is 3.89. The van der Waals surface area contributed by atoms with Crippen LogP contribution in [0.5, 0.6) is 0 Å². The van der Waals surface area contributed by atoms with Crippen LogP contribution >= 0.6 is 15.9 Å². The zero-order valence-electron chi connectivity index (χ0n) is 11.0. The highest BCUT2D eigenvalue weighted by atomic mass is 79.9. The van der Waals surface area contributed by atoms with Gasteiger partial charge in [0.25, 0.3) is 0 Å². The van der Waals surface area contributed by atoms with E-state index in [1.807, 2.05) is 11.6 Å². The molecule has 1 aromatic heterocycles. The molecule has 0 radical (unpaired) electrons. The van der Waals surface area contributed by atoms with Crippen LogP contribution in [0.1, 0.15) is 23.9 Å². The molecule has 0 fully saturated rings. The molecule has 0 amide bonds. The Morgan fingerprint density at radius 1 is 1.28 bits per heavy atom. The van der Waals surface area contributed by atoms with Gasteiger partial charge in [-0.05, 0) is 44.5 Å². The topological polar surface area (TPSA) is 29.9 Å². The fourth-order valence-corrected chi connectivity index (χ4v) is 2.29. The quantitative estimate of drug-likeness (QED) is 0.928. The molecule has 4 heteroatoms. The lowest BCUT2D eigenvalue weighted by atomic mass is 10.2. The van der Waals surface area contributed by atoms with Gasteiger partial charge in [0.15, 0.2) is 0 Å². The average molecular weight is 308 g/mol. The van der Waals surface area contributed by atoms with Crippen LogP contribution in [0, 0.1) is 13.8 Å². The number of benzene rings is 1. The van der Waals surface area contributed by atoms with Crippen LogP contribution in [0.2, 0.25) is 0 Å². The van der Waals surface area contributed by atoms with Crippen LogP contribution in [0.3, 0.4) is 0 Å². The first-order chi connectivity index (χ1) is 8.60. The summed E-state index contributed by atoms with van der Waals surface area (Å²) in [6, 6.07) is 8.43. The van der Waals surface area contributed by atoms with Crippen LogP contribution in [0.25, 0.3) is 0 Å². The normalized spacial score (nSPS) is 10.7. The number of nitrogens with one attached hydrogen (secondary N) is 1. The van der Waals surface area contributed by atoms with Crippen molar-refractivity contribution in [3.8, 4) is 0 Å². The second kappa shape index (κ2) is 5.57. The maximum Gasteiger partial charge on any atom is 0.0597 e. The van der Waals surface area contributed by atoms with Crippen LogP contribution in [-0.4, -0.2) is 9.78 Å². The summed E-state index contributed by atoms with van der Waals surface area (Å²) in [4.78, 5) is 0. The lowest BCUT2D eigenvalue weighted by Crippen LogP contribution is -2.07. The van der Waals surface area contributed by atoms with Gasteiger partial charge < -0.3 is 5.32 Å². The summed E-state index contributed by atoms with van der Waals surface area (Å²) in [5, 5.41) is 7.87. The number of halogens is 1. The Morgan fingerprint density at radius 3 is 2.72 bits per heavy atom. The summed E-state index contributed by atoms with van der Waals surface area (Å²) >= 11 is 3.55. The second-order valence-electron chi connectivity index (χ2n) is 4.41. The van der Waals surface area contributed by atoms with E-state index < -0.39 is 0 Å². The van der Waals surface area contributed by atoms with Gasteiger partial charge >= 0.3 is 0 Å².